The molecule has 1 aromatic heterocycles. The molecule has 1 aromatic rings. The highest BCUT2D eigenvalue weighted by atomic mass is 16.4. The summed E-state index contributed by atoms with van der Waals surface area (Å²) < 4.78 is 0. The minimum Gasteiger partial charge on any atom is -0.478 e. The maximum atomic E-state index is 10.9. The third-order valence-electron chi connectivity index (χ3n) is 2.16. The topological polar surface area (TPSA) is 75.1 Å². The van der Waals surface area contributed by atoms with E-state index >= 15 is 0 Å². The van der Waals surface area contributed by atoms with Crippen molar-refractivity contribution >= 4 is 11.8 Å². The molecule has 0 aliphatic heterocycles. The van der Waals surface area contributed by atoms with E-state index in [9.17, 15) is 4.79 Å². The Kier molecular flexibility index (Phi) is 4.22. The van der Waals surface area contributed by atoms with Gasteiger partial charge in [-0.2, -0.15) is 5.10 Å². The van der Waals surface area contributed by atoms with Crippen LogP contribution in [0.5, 0.6) is 0 Å². The molecule has 2 N–H and O–H groups in total. The molecule has 0 aliphatic rings. The minimum atomic E-state index is -0.992. The molecule has 0 aromatic carbocycles. The molecule has 0 saturated carbocycles. The van der Waals surface area contributed by atoms with E-state index in [1.54, 1.807) is 0 Å². The Labute approximate surface area is 94.9 Å². The first-order valence-corrected chi connectivity index (χ1v) is 5.32. The fourth-order valence-corrected chi connectivity index (χ4v) is 1.61. The molecule has 5 nitrogen and oxygen atoms in total. The number of anilines is 1. The zero-order valence-electron chi connectivity index (χ0n) is 9.77. The van der Waals surface area contributed by atoms with Crippen LogP contribution in [0.15, 0.2) is 12.3 Å². The number of aromatic nitrogens is 2. The molecule has 0 radical (unpaired) electrons. The van der Waals surface area contributed by atoms with Crippen LogP contribution in [0.2, 0.25) is 0 Å². The van der Waals surface area contributed by atoms with Gasteiger partial charge >= 0.3 is 5.97 Å². The molecule has 88 valence electrons. The highest BCUT2D eigenvalue weighted by molar-refractivity contribution is 5.92. The molecule has 5 heteroatoms. The second-order valence-electron chi connectivity index (χ2n) is 4.27. The number of aromatic carboxylic acids is 1. The number of carboxylic acids is 1. The molecule has 1 rings (SSSR count). The monoisotopic (exact) mass is 223 g/mol. The normalized spacial score (nSPS) is 12.5. The Balaban J connectivity index is 2.76. The molecule has 0 aliphatic carbocycles. The highest BCUT2D eigenvalue weighted by Crippen LogP contribution is 2.14. The average Bonchev–Trinajstić information content (AvgIpc) is 2.16. The molecular weight excluding hydrogens is 206 g/mol. The lowest BCUT2D eigenvalue weighted by atomic mass is 10.1. The van der Waals surface area contributed by atoms with E-state index in [0.29, 0.717) is 11.7 Å². The standard InChI is InChI=1S/C11H17N3O2/c1-7(2)6-8(3)13-10-9(11(15)16)4-5-12-14-10/h4-5,7-8H,6H2,1-3H3,(H,13,14)(H,15,16). The summed E-state index contributed by atoms with van der Waals surface area (Å²) in [5.41, 5.74) is 0.158. The summed E-state index contributed by atoms with van der Waals surface area (Å²) in [7, 11) is 0. The zero-order chi connectivity index (χ0) is 12.1. The van der Waals surface area contributed by atoms with Gasteiger partial charge in [-0.1, -0.05) is 13.8 Å². The van der Waals surface area contributed by atoms with E-state index in [0.717, 1.165) is 6.42 Å². The Morgan fingerprint density at radius 3 is 2.75 bits per heavy atom. The second kappa shape index (κ2) is 5.44. The number of nitrogens with one attached hydrogen (secondary N) is 1. The largest absolute Gasteiger partial charge is 0.478 e. The van der Waals surface area contributed by atoms with E-state index in [-0.39, 0.29) is 11.6 Å². The van der Waals surface area contributed by atoms with Gasteiger partial charge in [0.05, 0.1) is 6.20 Å². The first-order chi connectivity index (χ1) is 7.50. The van der Waals surface area contributed by atoms with Crippen molar-refractivity contribution in [1.82, 2.24) is 10.2 Å². The van der Waals surface area contributed by atoms with Crippen LogP contribution in [0, 0.1) is 5.92 Å². The minimum absolute atomic E-state index is 0.158. The van der Waals surface area contributed by atoms with Gasteiger partial charge in [0, 0.05) is 6.04 Å². The lowest BCUT2D eigenvalue weighted by molar-refractivity contribution is 0.0697. The predicted molar refractivity (Wildman–Crippen MR) is 61.5 cm³/mol. The summed E-state index contributed by atoms with van der Waals surface area (Å²) in [6.45, 7) is 6.24. The number of carbonyl (C=O) groups is 1. The van der Waals surface area contributed by atoms with Gasteiger partial charge in [-0.15, -0.1) is 5.10 Å². The third-order valence-corrected chi connectivity index (χ3v) is 2.16. The van der Waals surface area contributed by atoms with Crippen molar-refractivity contribution in [1.29, 1.82) is 0 Å². The average molecular weight is 223 g/mol. The van der Waals surface area contributed by atoms with Crippen LogP contribution in [0.25, 0.3) is 0 Å². The van der Waals surface area contributed by atoms with Gasteiger partial charge in [-0.05, 0) is 25.3 Å². The number of rotatable bonds is 5. The van der Waals surface area contributed by atoms with Crippen molar-refractivity contribution in [3.8, 4) is 0 Å². The van der Waals surface area contributed by atoms with E-state index in [4.69, 9.17) is 5.11 Å². The highest BCUT2D eigenvalue weighted by Gasteiger charge is 2.13. The molecule has 16 heavy (non-hydrogen) atoms. The number of nitrogens with zero attached hydrogens (tertiary/aromatic N) is 2. The molecular formula is C11H17N3O2. The molecule has 0 fully saturated rings. The molecule has 0 spiro atoms. The first-order valence-electron chi connectivity index (χ1n) is 5.32. The molecule has 1 heterocycles. The van der Waals surface area contributed by atoms with Gasteiger partial charge in [0.1, 0.15) is 5.56 Å². The van der Waals surface area contributed by atoms with Gasteiger partial charge in [0.2, 0.25) is 0 Å². The van der Waals surface area contributed by atoms with Crippen molar-refractivity contribution < 1.29 is 9.90 Å². The predicted octanol–water partition coefficient (Wildman–Crippen LogP) is 2.02. The zero-order valence-corrected chi connectivity index (χ0v) is 9.77. The van der Waals surface area contributed by atoms with E-state index in [1.807, 2.05) is 6.92 Å². The summed E-state index contributed by atoms with van der Waals surface area (Å²) in [5.74, 6) is -0.107. The molecule has 0 amide bonds. The third kappa shape index (κ3) is 3.49. The van der Waals surface area contributed by atoms with Crippen LogP contribution >= 0.6 is 0 Å². The van der Waals surface area contributed by atoms with Gasteiger partial charge < -0.3 is 10.4 Å². The van der Waals surface area contributed by atoms with Crippen LogP contribution < -0.4 is 5.32 Å². The van der Waals surface area contributed by atoms with Crippen LogP contribution in [0.1, 0.15) is 37.6 Å². The van der Waals surface area contributed by atoms with Crippen LogP contribution in [0.3, 0.4) is 0 Å². The molecule has 0 bridgehead atoms. The van der Waals surface area contributed by atoms with E-state index in [2.05, 4.69) is 29.4 Å². The van der Waals surface area contributed by atoms with Gasteiger partial charge in [0.25, 0.3) is 0 Å². The van der Waals surface area contributed by atoms with Crippen molar-refractivity contribution in [2.24, 2.45) is 5.92 Å². The Hall–Kier alpha value is -1.65. The number of hydrogen-bond acceptors (Lipinski definition) is 4. The second-order valence-corrected chi connectivity index (χ2v) is 4.27. The molecule has 0 saturated heterocycles. The first kappa shape index (κ1) is 12.4. The van der Waals surface area contributed by atoms with Crippen molar-refractivity contribution in [3.63, 3.8) is 0 Å². The maximum absolute atomic E-state index is 10.9. The number of hydrogen-bond donors (Lipinski definition) is 2. The Bertz CT molecular complexity index is 366. The van der Waals surface area contributed by atoms with Crippen molar-refractivity contribution in [3.05, 3.63) is 17.8 Å². The SMILES string of the molecule is CC(C)CC(C)Nc1nnccc1C(=O)O. The quantitative estimate of drug-likeness (QED) is 0.798. The lowest BCUT2D eigenvalue weighted by Gasteiger charge is -2.16. The van der Waals surface area contributed by atoms with Crippen LogP contribution in [-0.4, -0.2) is 27.3 Å². The summed E-state index contributed by atoms with van der Waals surface area (Å²) in [4.78, 5) is 10.9. The van der Waals surface area contributed by atoms with Gasteiger partial charge in [-0.3, -0.25) is 0 Å². The van der Waals surface area contributed by atoms with Crippen LogP contribution in [-0.2, 0) is 0 Å². The fourth-order valence-electron chi connectivity index (χ4n) is 1.61. The smallest absolute Gasteiger partial charge is 0.339 e. The van der Waals surface area contributed by atoms with E-state index < -0.39 is 5.97 Å². The van der Waals surface area contributed by atoms with Gasteiger partial charge in [0.15, 0.2) is 5.82 Å². The molecule has 1 atom stereocenters. The summed E-state index contributed by atoms with van der Waals surface area (Å²) >= 11 is 0. The molecule has 1 unspecified atom stereocenters. The van der Waals surface area contributed by atoms with Crippen LogP contribution in [0.4, 0.5) is 5.82 Å². The summed E-state index contributed by atoms with van der Waals surface area (Å²) in [6, 6.07) is 1.62. The maximum Gasteiger partial charge on any atom is 0.339 e. The van der Waals surface area contributed by atoms with Gasteiger partial charge in [-0.25, -0.2) is 4.79 Å². The lowest BCUT2D eigenvalue weighted by Crippen LogP contribution is -2.20. The number of carboxylic acid groups (broad SMARTS) is 1. The Morgan fingerprint density at radius 1 is 1.50 bits per heavy atom. The van der Waals surface area contributed by atoms with Crippen molar-refractivity contribution in [2.75, 3.05) is 5.32 Å². The van der Waals surface area contributed by atoms with E-state index in [1.165, 1.54) is 12.3 Å². The summed E-state index contributed by atoms with van der Waals surface area (Å²) in [6.07, 6.45) is 2.33. The Morgan fingerprint density at radius 2 is 2.19 bits per heavy atom. The van der Waals surface area contributed by atoms with Crippen molar-refractivity contribution in [2.45, 2.75) is 33.2 Å². The summed E-state index contributed by atoms with van der Waals surface area (Å²) in [5, 5.41) is 19.5. The fraction of sp³-hybridized carbons (Fsp3) is 0.545.